The lowest BCUT2D eigenvalue weighted by molar-refractivity contribution is -0.140. The second-order valence-electron chi connectivity index (χ2n) is 8.43. The highest BCUT2D eigenvalue weighted by Crippen LogP contribution is 2.39. The zero-order valence-corrected chi connectivity index (χ0v) is 19.8. The number of aryl methyl sites for hydroxylation is 1. The third-order valence-corrected chi connectivity index (χ3v) is 5.90. The normalized spacial score (nSPS) is 17.1. The molecule has 35 heavy (non-hydrogen) atoms. The van der Waals surface area contributed by atoms with Gasteiger partial charge in [0.25, 0.3) is 11.7 Å². The number of carbonyl (C=O) groups is 2. The van der Waals surface area contributed by atoms with Crippen LogP contribution in [0, 0.1) is 6.92 Å². The van der Waals surface area contributed by atoms with Gasteiger partial charge < -0.3 is 19.5 Å². The van der Waals surface area contributed by atoms with E-state index in [4.69, 9.17) is 9.47 Å². The Balaban J connectivity index is 1.61. The van der Waals surface area contributed by atoms with Crippen molar-refractivity contribution in [2.75, 3.05) is 20.3 Å². The molecule has 1 saturated heterocycles. The number of nitrogens with zero attached hydrogens (tertiary/aromatic N) is 2. The topological polar surface area (TPSA) is 89.0 Å². The second-order valence-corrected chi connectivity index (χ2v) is 8.43. The molecule has 1 aliphatic rings. The van der Waals surface area contributed by atoms with Crippen LogP contribution in [0.25, 0.3) is 5.76 Å². The van der Waals surface area contributed by atoms with Crippen LogP contribution in [0.4, 0.5) is 0 Å². The number of Topliss-reactive ketones (excluding diaryl/α,β-unsaturated/α-hetero) is 1. The zero-order chi connectivity index (χ0) is 24.8. The van der Waals surface area contributed by atoms with Crippen LogP contribution in [-0.4, -0.2) is 46.9 Å². The summed E-state index contributed by atoms with van der Waals surface area (Å²) < 4.78 is 11.0. The molecule has 0 aliphatic carbocycles. The van der Waals surface area contributed by atoms with Crippen molar-refractivity contribution in [2.24, 2.45) is 0 Å². The second kappa shape index (κ2) is 11.0. The summed E-state index contributed by atoms with van der Waals surface area (Å²) in [6.45, 7) is 3.22. The minimum absolute atomic E-state index is 0.0499. The first-order valence-electron chi connectivity index (χ1n) is 11.5. The monoisotopic (exact) mass is 472 g/mol. The average Bonchev–Trinajstić information content (AvgIpc) is 3.13. The molecule has 1 fully saturated rings. The fourth-order valence-electron chi connectivity index (χ4n) is 4.21. The number of hydrogen-bond donors (Lipinski definition) is 1. The SMILES string of the molecule is COCCCN1C(=O)C(=O)C(=C(O)c2ccc(OCc3cccc(C)c3)cc2)C1c1cccnc1. The number of methoxy groups -OCH3 is 1. The van der Waals surface area contributed by atoms with Crippen molar-refractivity contribution in [2.45, 2.75) is 26.0 Å². The fourth-order valence-corrected chi connectivity index (χ4v) is 4.21. The molecule has 3 aromatic rings. The number of amides is 1. The molecular weight excluding hydrogens is 444 g/mol. The minimum Gasteiger partial charge on any atom is -0.507 e. The van der Waals surface area contributed by atoms with E-state index in [1.807, 2.05) is 25.1 Å². The molecular formula is C28H28N2O5. The number of aliphatic hydroxyl groups excluding tert-OH is 1. The zero-order valence-electron chi connectivity index (χ0n) is 19.8. The largest absolute Gasteiger partial charge is 0.507 e. The number of aromatic nitrogens is 1. The predicted molar refractivity (Wildman–Crippen MR) is 132 cm³/mol. The maximum absolute atomic E-state index is 13.0. The molecule has 1 amide bonds. The number of ether oxygens (including phenoxy) is 2. The molecule has 1 N–H and O–H groups in total. The standard InChI is InChI=1S/C28H28N2O5/c1-19-6-3-7-20(16-19)18-35-23-11-9-21(10-12-23)26(31)24-25(22-8-4-13-29-17-22)30(14-5-15-34-2)28(33)27(24)32/h3-4,6-13,16-17,25,31H,5,14-15,18H2,1-2H3. The van der Waals surface area contributed by atoms with Crippen LogP contribution >= 0.6 is 0 Å². The van der Waals surface area contributed by atoms with Crippen LogP contribution in [0.1, 0.15) is 34.7 Å². The quantitative estimate of drug-likeness (QED) is 0.215. The summed E-state index contributed by atoms with van der Waals surface area (Å²) in [6.07, 6.45) is 3.79. The van der Waals surface area contributed by atoms with Gasteiger partial charge in [-0.15, -0.1) is 0 Å². The van der Waals surface area contributed by atoms with Crippen molar-refractivity contribution in [3.63, 3.8) is 0 Å². The fraction of sp³-hybridized carbons (Fsp3) is 0.250. The van der Waals surface area contributed by atoms with Gasteiger partial charge >= 0.3 is 0 Å². The van der Waals surface area contributed by atoms with Crippen molar-refractivity contribution in [3.8, 4) is 5.75 Å². The van der Waals surface area contributed by atoms with Crippen LogP contribution in [-0.2, 0) is 20.9 Å². The molecule has 1 atom stereocenters. The number of likely N-dealkylation sites (tertiary alicyclic amines) is 1. The lowest BCUT2D eigenvalue weighted by Gasteiger charge is -2.25. The Hall–Kier alpha value is -3.97. The van der Waals surface area contributed by atoms with E-state index in [-0.39, 0.29) is 11.3 Å². The van der Waals surface area contributed by atoms with E-state index in [1.165, 1.54) is 4.90 Å². The van der Waals surface area contributed by atoms with Crippen LogP contribution in [0.15, 0.2) is 78.6 Å². The van der Waals surface area contributed by atoms with Gasteiger partial charge in [0.15, 0.2) is 0 Å². The summed E-state index contributed by atoms with van der Waals surface area (Å²) >= 11 is 0. The molecule has 2 heterocycles. The summed E-state index contributed by atoms with van der Waals surface area (Å²) in [5.74, 6) is -0.952. The van der Waals surface area contributed by atoms with E-state index in [0.717, 1.165) is 11.1 Å². The highest BCUT2D eigenvalue weighted by molar-refractivity contribution is 6.46. The number of benzene rings is 2. The Morgan fingerprint density at radius 3 is 2.57 bits per heavy atom. The van der Waals surface area contributed by atoms with Crippen molar-refractivity contribution in [1.82, 2.24) is 9.88 Å². The van der Waals surface area contributed by atoms with E-state index >= 15 is 0 Å². The third kappa shape index (κ3) is 5.41. The smallest absolute Gasteiger partial charge is 0.295 e. The summed E-state index contributed by atoms with van der Waals surface area (Å²) in [6, 6.07) is 17.7. The van der Waals surface area contributed by atoms with Crippen LogP contribution in [0.5, 0.6) is 5.75 Å². The lowest BCUT2D eigenvalue weighted by Crippen LogP contribution is -2.31. The van der Waals surface area contributed by atoms with Gasteiger partial charge in [-0.1, -0.05) is 35.9 Å². The number of hydrogen-bond acceptors (Lipinski definition) is 6. The molecule has 0 spiro atoms. The van der Waals surface area contributed by atoms with Gasteiger partial charge in [-0.25, -0.2) is 0 Å². The molecule has 180 valence electrons. The number of pyridine rings is 1. The Labute approximate surface area is 204 Å². The van der Waals surface area contributed by atoms with E-state index in [2.05, 4.69) is 11.1 Å². The first-order chi connectivity index (χ1) is 17.0. The Bertz CT molecular complexity index is 1220. The van der Waals surface area contributed by atoms with Gasteiger partial charge in [-0.3, -0.25) is 14.6 Å². The van der Waals surface area contributed by atoms with Crippen LogP contribution < -0.4 is 4.74 Å². The van der Waals surface area contributed by atoms with Gasteiger partial charge in [0.05, 0.1) is 11.6 Å². The molecule has 0 bridgehead atoms. The van der Waals surface area contributed by atoms with Crippen molar-refractivity contribution >= 4 is 17.4 Å². The molecule has 4 rings (SSSR count). The summed E-state index contributed by atoms with van der Waals surface area (Å²) in [5.41, 5.74) is 3.35. The van der Waals surface area contributed by atoms with Gasteiger partial charge in [-0.2, -0.15) is 0 Å². The maximum Gasteiger partial charge on any atom is 0.295 e. The molecule has 0 radical (unpaired) electrons. The highest BCUT2D eigenvalue weighted by Gasteiger charge is 2.45. The Morgan fingerprint density at radius 2 is 1.89 bits per heavy atom. The van der Waals surface area contributed by atoms with Gasteiger partial charge in [0, 0.05) is 38.2 Å². The predicted octanol–water partition coefficient (Wildman–Crippen LogP) is 4.43. The van der Waals surface area contributed by atoms with Gasteiger partial charge in [-0.05, 0) is 54.8 Å². The Morgan fingerprint density at radius 1 is 1.09 bits per heavy atom. The molecule has 1 aromatic heterocycles. The van der Waals surface area contributed by atoms with Gasteiger partial charge in [0.1, 0.15) is 18.1 Å². The minimum atomic E-state index is -0.724. The number of rotatable bonds is 9. The molecule has 2 aromatic carbocycles. The lowest BCUT2D eigenvalue weighted by atomic mass is 9.96. The molecule has 7 heteroatoms. The maximum atomic E-state index is 13.0. The van der Waals surface area contributed by atoms with Gasteiger partial charge in [0.2, 0.25) is 0 Å². The van der Waals surface area contributed by atoms with E-state index in [0.29, 0.717) is 43.1 Å². The van der Waals surface area contributed by atoms with Crippen molar-refractivity contribution in [3.05, 3.63) is 101 Å². The van der Waals surface area contributed by atoms with Crippen LogP contribution in [0.2, 0.25) is 0 Å². The van der Waals surface area contributed by atoms with Crippen molar-refractivity contribution in [1.29, 1.82) is 0 Å². The Kier molecular flexibility index (Phi) is 7.57. The molecule has 1 aliphatic heterocycles. The van der Waals surface area contributed by atoms with E-state index in [1.54, 1.807) is 55.9 Å². The first-order valence-corrected chi connectivity index (χ1v) is 11.5. The molecule has 0 saturated carbocycles. The molecule has 1 unspecified atom stereocenters. The first kappa shape index (κ1) is 24.2. The number of aliphatic hydroxyl groups is 1. The van der Waals surface area contributed by atoms with E-state index in [9.17, 15) is 14.7 Å². The number of ketones is 1. The average molecular weight is 473 g/mol. The summed E-state index contributed by atoms with van der Waals surface area (Å²) in [4.78, 5) is 31.5. The molecule has 7 nitrogen and oxygen atoms in total. The summed E-state index contributed by atoms with van der Waals surface area (Å²) in [5, 5.41) is 11.2. The van der Waals surface area contributed by atoms with E-state index < -0.39 is 17.7 Å². The highest BCUT2D eigenvalue weighted by atomic mass is 16.5. The van der Waals surface area contributed by atoms with Crippen LogP contribution in [0.3, 0.4) is 0 Å². The number of carbonyl (C=O) groups excluding carboxylic acids is 2. The summed E-state index contributed by atoms with van der Waals surface area (Å²) in [7, 11) is 1.58. The van der Waals surface area contributed by atoms with Crippen molar-refractivity contribution < 1.29 is 24.2 Å². The third-order valence-electron chi connectivity index (χ3n) is 5.90.